The molecule has 2 amide bonds. The molecule has 9 nitrogen and oxygen atoms in total. The maximum absolute atomic E-state index is 12.4. The standard InChI is InChI=1S/C23H29N5O4S/c1-17-11-13-27(14-12-17)21-10-9-20(24-25-21)18-5-7-19(8-6-18)26-33(31,32)16-15-28-22(29)3-2-4-23(28)30/h5-10,17,26H,2-4,11-16H2,1H3. The van der Waals surface area contributed by atoms with Crippen LogP contribution in [-0.4, -0.2) is 60.7 Å². The monoisotopic (exact) mass is 471 g/mol. The van der Waals surface area contributed by atoms with Crippen LogP contribution < -0.4 is 9.62 Å². The summed E-state index contributed by atoms with van der Waals surface area (Å²) in [6.07, 6.45) is 3.40. The van der Waals surface area contributed by atoms with Crippen LogP contribution in [0.25, 0.3) is 11.3 Å². The van der Waals surface area contributed by atoms with E-state index in [1.807, 2.05) is 12.1 Å². The fourth-order valence-corrected chi connectivity index (χ4v) is 5.11. The van der Waals surface area contributed by atoms with Gasteiger partial charge in [-0.2, -0.15) is 0 Å². The van der Waals surface area contributed by atoms with Crippen molar-refractivity contribution in [1.29, 1.82) is 0 Å². The van der Waals surface area contributed by atoms with Crippen LogP contribution in [0.15, 0.2) is 36.4 Å². The Kier molecular flexibility index (Phi) is 6.92. The molecule has 0 aliphatic carbocycles. The number of carbonyl (C=O) groups is 2. The zero-order chi connectivity index (χ0) is 23.4. The van der Waals surface area contributed by atoms with Gasteiger partial charge in [-0.1, -0.05) is 19.1 Å². The van der Waals surface area contributed by atoms with Gasteiger partial charge < -0.3 is 4.90 Å². The normalized spacial score (nSPS) is 18.0. The molecule has 1 N–H and O–H groups in total. The molecule has 0 saturated carbocycles. The lowest BCUT2D eigenvalue weighted by molar-refractivity contribution is -0.147. The lowest BCUT2D eigenvalue weighted by atomic mass is 9.99. The summed E-state index contributed by atoms with van der Waals surface area (Å²) in [5.74, 6) is 0.662. The molecule has 0 bridgehead atoms. The third-order valence-corrected chi connectivity index (χ3v) is 7.45. The number of imide groups is 1. The number of hydrogen-bond donors (Lipinski definition) is 1. The van der Waals surface area contributed by atoms with Crippen LogP contribution in [-0.2, 0) is 19.6 Å². The minimum atomic E-state index is -3.71. The number of likely N-dealkylation sites (tertiary alicyclic amines) is 1. The molecule has 2 aromatic rings. The summed E-state index contributed by atoms with van der Waals surface area (Å²) >= 11 is 0. The van der Waals surface area contributed by atoms with Crippen molar-refractivity contribution < 1.29 is 18.0 Å². The highest BCUT2D eigenvalue weighted by Gasteiger charge is 2.27. The van der Waals surface area contributed by atoms with Gasteiger partial charge in [0.05, 0.1) is 11.4 Å². The average Bonchev–Trinajstić information content (AvgIpc) is 2.80. The fourth-order valence-electron chi connectivity index (χ4n) is 4.09. The van der Waals surface area contributed by atoms with Gasteiger partial charge >= 0.3 is 0 Å². The van der Waals surface area contributed by atoms with Gasteiger partial charge in [-0.05, 0) is 49.4 Å². The van der Waals surface area contributed by atoms with Crippen molar-refractivity contribution in [3.8, 4) is 11.3 Å². The number of benzene rings is 1. The van der Waals surface area contributed by atoms with Crippen LogP contribution in [0.2, 0.25) is 0 Å². The summed E-state index contributed by atoms with van der Waals surface area (Å²) in [7, 11) is -3.71. The molecule has 176 valence electrons. The van der Waals surface area contributed by atoms with E-state index in [-0.39, 0.29) is 37.0 Å². The largest absolute Gasteiger partial charge is 0.355 e. The number of hydrogen-bond acceptors (Lipinski definition) is 7. The molecule has 4 rings (SSSR count). The van der Waals surface area contributed by atoms with Crippen LogP contribution in [0.5, 0.6) is 0 Å². The molecule has 33 heavy (non-hydrogen) atoms. The Morgan fingerprint density at radius 3 is 2.24 bits per heavy atom. The van der Waals surface area contributed by atoms with Gasteiger partial charge in [-0.25, -0.2) is 8.42 Å². The third kappa shape index (κ3) is 5.87. The Bertz CT molecular complexity index is 1080. The zero-order valence-corrected chi connectivity index (χ0v) is 19.6. The molecule has 1 aromatic heterocycles. The fraction of sp³-hybridized carbons (Fsp3) is 0.478. The highest BCUT2D eigenvalue weighted by molar-refractivity contribution is 7.92. The SMILES string of the molecule is CC1CCN(c2ccc(-c3ccc(NS(=O)(=O)CCN4C(=O)CCCC4=O)cc3)nn2)CC1. The first-order valence-electron chi connectivity index (χ1n) is 11.3. The van der Waals surface area contributed by atoms with Gasteiger partial charge in [0.15, 0.2) is 5.82 Å². The number of piperidine rings is 2. The van der Waals surface area contributed by atoms with E-state index in [9.17, 15) is 18.0 Å². The predicted molar refractivity (Wildman–Crippen MR) is 126 cm³/mol. The molecule has 0 spiro atoms. The van der Waals surface area contributed by atoms with Gasteiger partial charge in [-0.15, -0.1) is 10.2 Å². The summed E-state index contributed by atoms with van der Waals surface area (Å²) in [5, 5.41) is 8.71. The Balaban J connectivity index is 1.35. The summed E-state index contributed by atoms with van der Waals surface area (Å²) in [4.78, 5) is 27.0. The van der Waals surface area contributed by atoms with Crippen LogP contribution in [0.4, 0.5) is 11.5 Å². The van der Waals surface area contributed by atoms with Crippen molar-refractivity contribution in [3.63, 3.8) is 0 Å². The number of nitrogens with zero attached hydrogens (tertiary/aromatic N) is 4. The molecule has 0 radical (unpaired) electrons. The number of anilines is 2. The second-order valence-electron chi connectivity index (χ2n) is 8.74. The molecule has 2 aliphatic rings. The molecule has 3 heterocycles. The second kappa shape index (κ2) is 9.86. The molecule has 2 aliphatic heterocycles. The quantitative estimate of drug-likeness (QED) is 0.618. The van der Waals surface area contributed by atoms with E-state index < -0.39 is 10.0 Å². The van der Waals surface area contributed by atoms with Crippen molar-refractivity contribution in [2.24, 2.45) is 5.92 Å². The molecule has 10 heteroatoms. The van der Waals surface area contributed by atoms with Gasteiger partial charge in [0.2, 0.25) is 21.8 Å². The molecule has 2 saturated heterocycles. The van der Waals surface area contributed by atoms with Gasteiger partial charge in [0.1, 0.15) is 0 Å². The number of amides is 2. The first-order chi connectivity index (χ1) is 15.8. The van der Waals surface area contributed by atoms with Crippen molar-refractivity contribution >= 4 is 33.3 Å². The Hall–Kier alpha value is -3.01. The van der Waals surface area contributed by atoms with Crippen LogP contribution in [0.3, 0.4) is 0 Å². The van der Waals surface area contributed by atoms with E-state index in [4.69, 9.17) is 0 Å². The van der Waals surface area contributed by atoms with E-state index >= 15 is 0 Å². The first-order valence-corrected chi connectivity index (χ1v) is 13.0. The van der Waals surface area contributed by atoms with Crippen molar-refractivity contribution in [2.75, 3.05) is 35.0 Å². The van der Waals surface area contributed by atoms with E-state index in [1.165, 1.54) is 0 Å². The summed E-state index contributed by atoms with van der Waals surface area (Å²) in [6, 6.07) is 10.8. The highest BCUT2D eigenvalue weighted by atomic mass is 32.2. The molecular formula is C23H29N5O4S. The van der Waals surface area contributed by atoms with Crippen molar-refractivity contribution in [1.82, 2.24) is 15.1 Å². The first kappa shape index (κ1) is 23.2. The molecule has 0 atom stereocenters. The smallest absolute Gasteiger partial charge is 0.234 e. The summed E-state index contributed by atoms with van der Waals surface area (Å²) in [5.41, 5.74) is 1.94. The van der Waals surface area contributed by atoms with Crippen molar-refractivity contribution in [2.45, 2.75) is 39.0 Å². The topological polar surface area (TPSA) is 113 Å². The van der Waals surface area contributed by atoms with Gasteiger partial charge in [-0.3, -0.25) is 19.2 Å². The third-order valence-electron chi connectivity index (χ3n) is 6.18. The average molecular weight is 472 g/mol. The second-order valence-corrected chi connectivity index (χ2v) is 10.6. The van der Waals surface area contributed by atoms with E-state index in [0.29, 0.717) is 17.8 Å². The van der Waals surface area contributed by atoms with Crippen molar-refractivity contribution in [3.05, 3.63) is 36.4 Å². The molecular weight excluding hydrogens is 442 g/mol. The minimum Gasteiger partial charge on any atom is -0.355 e. The van der Waals surface area contributed by atoms with Crippen LogP contribution >= 0.6 is 0 Å². The van der Waals surface area contributed by atoms with E-state index in [1.54, 1.807) is 24.3 Å². The maximum atomic E-state index is 12.4. The summed E-state index contributed by atoms with van der Waals surface area (Å²) < 4.78 is 27.4. The maximum Gasteiger partial charge on any atom is 0.234 e. The van der Waals surface area contributed by atoms with E-state index in [2.05, 4.69) is 26.7 Å². The Morgan fingerprint density at radius 1 is 0.970 bits per heavy atom. The zero-order valence-electron chi connectivity index (χ0n) is 18.7. The number of rotatable bonds is 7. The van der Waals surface area contributed by atoms with E-state index in [0.717, 1.165) is 48.1 Å². The molecule has 2 fully saturated rings. The predicted octanol–water partition coefficient (Wildman–Crippen LogP) is 2.66. The number of aromatic nitrogens is 2. The van der Waals surface area contributed by atoms with Crippen LogP contribution in [0.1, 0.15) is 39.0 Å². The number of sulfonamides is 1. The molecule has 1 aromatic carbocycles. The Labute approximate surface area is 194 Å². The number of nitrogens with one attached hydrogen (secondary N) is 1. The van der Waals surface area contributed by atoms with Gasteiger partial charge in [0, 0.05) is 43.7 Å². The lowest BCUT2D eigenvalue weighted by Crippen LogP contribution is -2.43. The lowest BCUT2D eigenvalue weighted by Gasteiger charge is -2.30. The molecule has 0 unspecified atom stereocenters. The van der Waals surface area contributed by atoms with Gasteiger partial charge in [0.25, 0.3) is 0 Å². The Morgan fingerprint density at radius 2 is 1.64 bits per heavy atom. The summed E-state index contributed by atoms with van der Waals surface area (Å²) in [6.45, 7) is 4.11. The highest BCUT2D eigenvalue weighted by Crippen LogP contribution is 2.24. The number of carbonyl (C=O) groups excluding carboxylic acids is 2. The van der Waals surface area contributed by atoms with Crippen LogP contribution in [0, 0.1) is 5.92 Å². The minimum absolute atomic E-state index is 0.136.